The quantitative estimate of drug-likeness (QED) is 0.676. The molecule has 1 aliphatic heterocycles. The van der Waals surface area contributed by atoms with Crippen molar-refractivity contribution < 1.29 is 0 Å². The van der Waals surface area contributed by atoms with Gasteiger partial charge in [-0.3, -0.25) is 9.98 Å². The third kappa shape index (κ3) is 4.87. The molecule has 0 spiro atoms. The van der Waals surface area contributed by atoms with E-state index in [1.54, 1.807) is 32.7 Å². The van der Waals surface area contributed by atoms with E-state index in [4.69, 9.17) is 11.1 Å². The molecule has 1 heterocycles. The molecule has 0 amide bonds. The van der Waals surface area contributed by atoms with Gasteiger partial charge in [0.05, 0.1) is 0 Å². The zero-order chi connectivity index (χ0) is 15.7. The van der Waals surface area contributed by atoms with Crippen molar-refractivity contribution in [1.29, 1.82) is 5.41 Å². The Labute approximate surface area is 126 Å². The molecule has 4 N–H and O–H groups in total. The molecule has 5 nitrogen and oxygen atoms in total. The summed E-state index contributed by atoms with van der Waals surface area (Å²) in [5.74, 6) is 0.0727. The summed E-state index contributed by atoms with van der Waals surface area (Å²) in [7, 11) is 3.45. The Morgan fingerprint density at radius 2 is 2.10 bits per heavy atom. The van der Waals surface area contributed by atoms with E-state index in [1.807, 2.05) is 13.0 Å². The molecule has 5 heteroatoms. The second kappa shape index (κ2) is 8.68. The second-order valence-corrected chi connectivity index (χ2v) is 4.65. The van der Waals surface area contributed by atoms with Crippen LogP contribution in [0.25, 0.3) is 0 Å². The molecule has 0 bridgehead atoms. The highest BCUT2D eigenvalue weighted by Crippen LogP contribution is 2.20. The molecule has 112 valence electrons. The summed E-state index contributed by atoms with van der Waals surface area (Å²) >= 11 is 0. The lowest BCUT2D eigenvalue weighted by Crippen LogP contribution is -2.12. The minimum Gasteiger partial charge on any atom is -0.404 e. The molecule has 1 aliphatic rings. The van der Waals surface area contributed by atoms with Gasteiger partial charge >= 0.3 is 0 Å². The first-order valence-electron chi connectivity index (χ1n) is 6.78. The van der Waals surface area contributed by atoms with Crippen LogP contribution in [0, 0.1) is 11.3 Å². The Morgan fingerprint density at radius 1 is 1.38 bits per heavy atom. The van der Waals surface area contributed by atoms with Crippen molar-refractivity contribution >= 4 is 18.6 Å². The zero-order valence-electron chi connectivity index (χ0n) is 12.8. The first-order valence-corrected chi connectivity index (χ1v) is 6.78. The lowest BCUT2D eigenvalue weighted by atomic mass is 9.99. The second-order valence-electron chi connectivity index (χ2n) is 4.65. The number of nitrogens with two attached hydrogens (primary N) is 1. The van der Waals surface area contributed by atoms with Gasteiger partial charge in [0.1, 0.15) is 0 Å². The molecule has 1 unspecified atom stereocenters. The molecule has 1 atom stereocenters. The van der Waals surface area contributed by atoms with Gasteiger partial charge in [-0.15, -0.1) is 0 Å². The van der Waals surface area contributed by atoms with E-state index >= 15 is 0 Å². The maximum atomic E-state index is 7.30. The van der Waals surface area contributed by atoms with Crippen LogP contribution in [0.1, 0.15) is 13.3 Å². The monoisotopic (exact) mass is 285 g/mol. The Hall–Kier alpha value is -2.43. The molecule has 0 aromatic heterocycles. The van der Waals surface area contributed by atoms with Crippen LogP contribution < -0.4 is 11.1 Å². The normalized spacial score (nSPS) is 22.1. The predicted molar refractivity (Wildman–Crippen MR) is 91.1 cm³/mol. The van der Waals surface area contributed by atoms with Gasteiger partial charge < -0.3 is 16.5 Å². The standard InChI is InChI=1S/C16H23N5/c1-12-8-13(15(9-18)11-20-3)4-5-16(21-12)14(6-7-17)10-19-2/h4-5,7-11,13,17,21H,6,18H2,1-3H3/b15-9+,16-14+,17-7?,19-10?,20-11?. The van der Waals surface area contributed by atoms with Crippen LogP contribution in [0.5, 0.6) is 0 Å². The average molecular weight is 285 g/mol. The number of aliphatic imine (C=N–C) groups is 2. The highest BCUT2D eigenvalue weighted by molar-refractivity contribution is 5.85. The number of hydrogen-bond acceptors (Lipinski definition) is 5. The number of rotatable bonds is 5. The van der Waals surface area contributed by atoms with Crippen LogP contribution in [-0.2, 0) is 0 Å². The maximum absolute atomic E-state index is 7.30. The zero-order valence-corrected chi connectivity index (χ0v) is 12.8. The van der Waals surface area contributed by atoms with E-state index < -0.39 is 0 Å². The van der Waals surface area contributed by atoms with Gasteiger partial charge in [-0.2, -0.15) is 0 Å². The van der Waals surface area contributed by atoms with Gasteiger partial charge in [0.2, 0.25) is 0 Å². The first kappa shape index (κ1) is 16.6. The molecule has 0 fully saturated rings. The molecule has 21 heavy (non-hydrogen) atoms. The van der Waals surface area contributed by atoms with Crippen molar-refractivity contribution in [3.63, 3.8) is 0 Å². The van der Waals surface area contributed by atoms with Crippen LogP contribution >= 0.6 is 0 Å². The summed E-state index contributed by atoms with van der Waals surface area (Å²) in [6.45, 7) is 2.00. The first-order chi connectivity index (χ1) is 10.2. The Balaban J connectivity index is 3.21. The number of nitrogens with one attached hydrogen (secondary N) is 2. The minimum absolute atomic E-state index is 0.0727. The van der Waals surface area contributed by atoms with Gasteiger partial charge in [0.15, 0.2) is 0 Å². The van der Waals surface area contributed by atoms with Gasteiger partial charge in [0.25, 0.3) is 0 Å². The van der Waals surface area contributed by atoms with Crippen molar-refractivity contribution in [2.45, 2.75) is 13.3 Å². The molecule has 0 aliphatic carbocycles. The van der Waals surface area contributed by atoms with Crippen molar-refractivity contribution in [1.82, 2.24) is 5.32 Å². The van der Waals surface area contributed by atoms with Crippen LogP contribution in [0.4, 0.5) is 0 Å². The molecule has 0 aromatic carbocycles. The Kier molecular flexibility index (Phi) is 6.87. The third-order valence-corrected chi connectivity index (χ3v) is 3.04. The summed E-state index contributed by atoms with van der Waals surface area (Å²) in [5, 5.41) is 10.6. The number of allylic oxidation sites excluding steroid dienone is 6. The van der Waals surface area contributed by atoms with E-state index in [0.717, 1.165) is 22.5 Å². The largest absolute Gasteiger partial charge is 0.404 e. The number of hydrogen-bond donors (Lipinski definition) is 3. The fourth-order valence-corrected chi connectivity index (χ4v) is 2.10. The highest BCUT2D eigenvalue weighted by atomic mass is 14.9. The van der Waals surface area contributed by atoms with Gasteiger partial charge in [0, 0.05) is 50.3 Å². The predicted octanol–water partition coefficient (Wildman–Crippen LogP) is 2.20. The van der Waals surface area contributed by atoms with E-state index in [0.29, 0.717) is 6.42 Å². The molecule has 0 saturated carbocycles. The molecular weight excluding hydrogens is 262 g/mol. The topological polar surface area (TPSA) is 86.6 Å². The SMILES string of the molecule is CN=C/C(=C\N)C1C=C/C(=C(\C=NC)CC=N)NC(C)=C1. The van der Waals surface area contributed by atoms with Crippen molar-refractivity contribution in [2.75, 3.05) is 14.1 Å². The van der Waals surface area contributed by atoms with E-state index in [9.17, 15) is 0 Å². The fraction of sp³-hybridized carbons (Fsp3) is 0.312. The Morgan fingerprint density at radius 3 is 2.67 bits per heavy atom. The van der Waals surface area contributed by atoms with Crippen molar-refractivity contribution in [2.24, 2.45) is 21.6 Å². The van der Waals surface area contributed by atoms with Gasteiger partial charge in [-0.25, -0.2) is 0 Å². The Bertz CT molecular complexity index is 547. The lowest BCUT2D eigenvalue weighted by Gasteiger charge is -2.10. The van der Waals surface area contributed by atoms with Gasteiger partial charge in [-0.05, 0) is 36.6 Å². The summed E-state index contributed by atoms with van der Waals surface area (Å²) in [6, 6.07) is 0. The fourth-order valence-electron chi connectivity index (χ4n) is 2.10. The summed E-state index contributed by atoms with van der Waals surface area (Å²) in [6.07, 6.45) is 13.2. The highest BCUT2D eigenvalue weighted by Gasteiger charge is 2.12. The van der Waals surface area contributed by atoms with Gasteiger partial charge in [-0.1, -0.05) is 12.2 Å². The molecule has 0 saturated heterocycles. The van der Waals surface area contributed by atoms with E-state index in [1.165, 1.54) is 6.21 Å². The molecular formula is C16H23N5. The van der Waals surface area contributed by atoms with E-state index in [-0.39, 0.29) is 5.92 Å². The average Bonchev–Trinajstić information content (AvgIpc) is 2.66. The molecule has 0 radical (unpaired) electrons. The summed E-state index contributed by atoms with van der Waals surface area (Å²) in [5.41, 5.74) is 9.56. The van der Waals surface area contributed by atoms with Crippen LogP contribution in [0.2, 0.25) is 0 Å². The maximum Gasteiger partial charge on any atom is 0.0430 e. The number of nitrogens with zero attached hydrogens (tertiary/aromatic N) is 2. The van der Waals surface area contributed by atoms with Crippen molar-refractivity contribution in [3.8, 4) is 0 Å². The van der Waals surface area contributed by atoms with Crippen LogP contribution in [-0.4, -0.2) is 32.7 Å². The summed E-state index contributed by atoms with van der Waals surface area (Å²) < 4.78 is 0. The molecule has 0 aromatic rings. The summed E-state index contributed by atoms with van der Waals surface area (Å²) in [4.78, 5) is 8.08. The van der Waals surface area contributed by atoms with Crippen LogP contribution in [0.15, 0.2) is 57.0 Å². The molecule has 1 rings (SSSR count). The smallest absolute Gasteiger partial charge is 0.0430 e. The minimum atomic E-state index is 0.0727. The van der Waals surface area contributed by atoms with E-state index in [2.05, 4.69) is 27.5 Å². The third-order valence-electron chi connectivity index (χ3n) is 3.04. The lowest BCUT2D eigenvalue weighted by molar-refractivity contribution is 0.955. The van der Waals surface area contributed by atoms with Crippen molar-refractivity contribution in [3.05, 3.63) is 47.0 Å². The van der Waals surface area contributed by atoms with Crippen LogP contribution in [0.3, 0.4) is 0 Å².